The molecule has 2 aromatic heterocycles. The van der Waals surface area contributed by atoms with Gasteiger partial charge in [0.25, 0.3) is 5.91 Å². The molecule has 3 heterocycles. The highest BCUT2D eigenvalue weighted by Crippen LogP contribution is 2.34. The molecule has 2 N–H and O–H groups in total. The van der Waals surface area contributed by atoms with E-state index in [2.05, 4.69) is 20.4 Å². The molecule has 3 rings (SSSR count). The van der Waals surface area contributed by atoms with Crippen LogP contribution in [0.3, 0.4) is 0 Å². The van der Waals surface area contributed by atoms with Gasteiger partial charge in [-0.15, -0.1) is 0 Å². The number of rotatable bonds is 4. The van der Waals surface area contributed by atoms with E-state index in [0.29, 0.717) is 30.2 Å². The molecule has 122 valence electrons. The van der Waals surface area contributed by atoms with Crippen molar-refractivity contribution in [2.45, 2.75) is 19.3 Å². The van der Waals surface area contributed by atoms with Gasteiger partial charge in [-0.1, -0.05) is 0 Å². The molecule has 1 aliphatic heterocycles. The Kier molecular flexibility index (Phi) is 3.85. The SMILES string of the molecule is Cc1ncn(C)c1C(=O)N1C[C@H](CC(=O)O)[C@H](c2cn[nH]n2)C1. The van der Waals surface area contributed by atoms with Crippen molar-refractivity contribution in [2.24, 2.45) is 13.0 Å². The molecule has 2 aromatic rings. The second-order valence-corrected chi connectivity index (χ2v) is 5.86. The van der Waals surface area contributed by atoms with Crippen LogP contribution in [0.1, 0.15) is 34.2 Å². The van der Waals surface area contributed by atoms with Gasteiger partial charge < -0.3 is 14.6 Å². The van der Waals surface area contributed by atoms with E-state index in [9.17, 15) is 9.59 Å². The summed E-state index contributed by atoms with van der Waals surface area (Å²) in [5.41, 5.74) is 1.88. The number of imidazole rings is 1. The zero-order valence-electron chi connectivity index (χ0n) is 12.9. The Labute approximate surface area is 132 Å². The minimum Gasteiger partial charge on any atom is -0.481 e. The molecule has 1 saturated heterocycles. The van der Waals surface area contributed by atoms with Gasteiger partial charge in [-0.05, 0) is 12.8 Å². The summed E-state index contributed by atoms with van der Waals surface area (Å²) in [6.07, 6.45) is 3.18. The average Bonchev–Trinajstić information content (AvgIpc) is 3.18. The van der Waals surface area contributed by atoms with Crippen LogP contribution in [0.4, 0.5) is 0 Å². The van der Waals surface area contributed by atoms with Crippen LogP contribution in [0.15, 0.2) is 12.5 Å². The molecule has 9 nitrogen and oxygen atoms in total. The summed E-state index contributed by atoms with van der Waals surface area (Å²) in [5, 5.41) is 19.5. The molecule has 0 aliphatic carbocycles. The topological polar surface area (TPSA) is 117 Å². The van der Waals surface area contributed by atoms with Crippen molar-refractivity contribution in [3.8, 4) is 0 Å². The molecule has 1 fully saturated rings. The van der Waals surface area contributed by atoms with Crippen LogP contribution < -0.4 is 0 Å². The van der Waals surface area contributed by atoms with Crippen molar-refractivity contribution in [1.82, 2.24) is 29.9 Å². The summed E-state index contributed by atoms with van der Waals surface area (Å²) in [5.74, 6) is -1.34. The quantitative estimate of drug-likeness (QED) is 0.830. The van der Waals surface area contributed by atoms with Gasteiger partial charge in [0.2, 0.25) is 0 Å². The minimum atomic E-state index is -0.880. The zero-order chi connectivity index (χ0) is 16.6. The van der Waals surface area contributed by atoms with E-state index in [-0.39, 0.29) is 24.2 Å². The number of aromatic amines is 1. The van der Waals surface area contributed by atoms with Crippen LogP contribution in [0.25, 0.3) is 0 Å². The molecular formula is C14H18N6O3. The lowest BCUT2D eigenvalue weighted by Crippen LogP contribution is -2.31. The standard InChI is InChI=1S/C14H18N6O3/c1-8-13(19(2)7-15-8)14(23)20-5-9(3-12(21)22)10(6-20)11-4-16-18-17-11/h4,7,9-10H,3,5-6H2,1-2H3,(H,21,22)(H,16,17,18)/t9-,10+/m0/s1. The number of amides is 1. The number of likely N-dealkylation sites (tertiary alicyclic amines) is 1. The molecule has 0 unspecified atom stereocenters. The number of aryl methyl sites for hydroxylation is 2. The smallest absolute Gasteiger partial charge is 0.303 e. The molecule has 0 saturated carbocycles. The maximum absolute atomic E-state index is 12.8. The molecule has 1 amide bonds. The Hall–Kier alpha value is -2.71. The Bertz CT molecular complexity index is 703. The third kappa shape index (κ3) is 2.81. The van der Waals surface area contributed by atoms with E-state index in [1.165, 1.54) is 0 Å². The second-order valence-electron chi connectivity index (χ2n) is 5.86. The Morgan fingerprint density at radius 3 is 2.78 bits per heavy atom. The summed E-state index contributed by atoms with van der Waals surface area (Å²) >= 11 is 0. The molecule has 0 radical (unpaired) electrons. The lowest BCUT2D eigenvalue weighted by molar-refractivity contribution is -0.138. The second kappa shape index (κ2) is 5.82. The first-order valence-corrected chi connectivity index (χ1v) is 7.32. The molecular weight excluding hydrogens is 300 g/mol. The van der Waals surface area contributed by atoms with Crippen molar-refractivity contribution in [1.29, 1.82) is 0 Å². The number of carbonyl (C=O) groups is 2. The summed E-state index contributed by atoms with van der Waals surface area (Å²) in [6.45, 7) is 2.59. The van der Waals surface area contributed by atoms with Gasteiger partial charge in [0.1, 0.15) is 5.69 Å². The van der Waals surface area contributed by atoms with Gasteiger partial charge >= 0.3 is 5.97 Å². The van der Waals surface area contributed by atoms with E-state index >= 15 is 0 Å². The molecule has 2 atom stereocenters. The van der Waals surface area contributed by atoms with Crippen LogP contribution in [-0.4, -0.2) is 59.9 Å². The number of carbonyl (C=O) groups excluding carboxylic acids is 1. The zero-order valence-corrected chi connectivity index (χ0v) is 12.9. The van der Waals surface area contributed by atoms with Crippen LogP contribution in [0, 0.1) is 12.8 Å². The van der Waals surface area contributed by atoms with E-state index in [4.69, 9.17) is 5.11 Å². The molecule has 9 heteroatoms. The molecule has 23 heavy (non-hydrogen) atoms. The lowest BCUT2D eigenvalue weighted by atomic mass is 9.91. The highest BCUT2D eigenvalue weighted by atomic mass is 16.4. The Morgan fingerprint density at radius 2 is 2.22 bits per heavy atom. The van der Waals surface area contributed by atoms with E-state index in [0.717, 1.165) is 0 Å². The minimum absolute atomic E-state index is 0.00826. The number of nitrogens with one attached hydrogen (secondary N) is 1. The fraction of sp³-hybridized carbons (Fsp3) is 0.500. The highest BCUT2D eigenvalue weighted by molar-refractivity contribution is 5.94. The number of carboxylic acid groups (broad SMARTS) is 1. The Morgan fingerprint density at radius 1 is 1.43 bits per heavy atom. The maximum atomic E-state index is 12.8. The Balaban J connectivity index is 1.85. The van der Waals surface area contributed by atoms with Crippen molar-refractivity contribution in [2.75, 3.05) is 13.1 Å². The summed E-state index contributed by atoms with van der Waals surface area (Å²) in [6, 6.07) is 0. The third-order valence-electron chi connectivity index (χ3n) is 4.30. The number of hydrogen-bond acceptors (Lipinski definition) is 5. The molecule has 1 aliphatic rings. The van der Waals surface area contributed by atoms with Gasteiger partial charge in [0.05, 0.1) is 30.3 Å². The van der Waals surface area contributed by atoms with Gasteiger partial charge in [-0.25, -0.2) is 4.98 Å². The first kappa shape index (κ1) is 15.2. The summed E-state index contributed by atoms with van der Waals surface area (Å²) in [4.78, 5) is 29.7. The number of aliphatic carboxylic acids is 1. The van der Waals surface area contributed by atoms with Gasteiger partial charge in [-0.2, -0.15) is 15.4 Å². The van der Waals surface area contributed by atoms with Crippen molar-refractivity contribution in [3.63, 3.8) is 0 Å². The fourth-order valence-electron chi connectivity index (χ4n) is 3.20. The average molecular weight is 318 g/mol. The fourth-order valence-corrected chi connectivity index (χ4v) is 3.20. The van der Waals surface area contributed by atoms with Crippen molar-refractivity contribution in [3.05, 3.63) is 29.6 Å². The number of carboxylic acids is 1. The van der Waals surface area contributed by atoms with Gasteiger partial charge in [0, 0.05) is 26.1 Å². The van der Waals surface area contributed by atoms with Crippen LogP contribution in [-0.2, 0) is 11.8 Å². The van der Waals surface area contributed by atoms with E-state index < -0.39 is 5.97 Å². The van der Waals surface area contributed by atoms with Gasteiger partial charge in [0.15, 0.2) is 0 Å². The predicted molar refractivity (Wildman–Crippen MR) is 78.7 cm³/mol. The maximum Gasteiger partial charge on any atom is 0.303 e. The number of hydrogen-bond donors (Lipinski definition) is 2. The predicted octanol–water partition coefficient (Wildman–Crippen LogP) is 0.177. The van der Waals surface area contributed by atoms with Crippen LogP contribution in [0.5, 0.6) is 0 Å². The first-order valence-electron chi connectivity index (χ1n) is 7.32. The lowest BCUT2D eigenvalue weighted by Gasteiger charge is -2.16. The number of H-pyrrole nitrogens is 1. The number of aromatic nitrogens is 5. The molecule has 0 bridgehead atoms. The van der Waals surface area contributed by atoms with Crippen LogP contribution >= 0.6 is 0 Å². The highest BCUT2D eigenvalue weighted by Gasteiger charge is 2.39. The normalized spacial score (nSPS) is 20.9. The molecule has 0 aromatic carbocycles. The first-order chi connectivity index (χ1) is 11.0. The third-order valence-corrected chi connectivity index (χ3v) is 4.30. The monoisotopic (exact) mass is 318 g/mol. The van der Waals surface area contributed by atoms with Crippen molar-refractivity contribution < 1.29 is 14.7 Å². The van der Waals surface area contributed by atoms with Crippen LogP contribution in [0.2, 0.25) is 0 Å². The summed E-state index contributed by atoms with van der Waals surface area (Å²) < 4.78 is 1.69. The van der Waals surface area contributed by atoms with E-state index in [1.807, 2.05) is 0 Å². The largest absolute Gasteiger partial charge is 0.481 e. The molecule has 0 spiro atoms. The van der Waals surface area contributed by atoms with Crippen molar-refractivity contribution >= 4 is 11.9 Å². The number of nitrogens with zero attached hydrogens (tertiary/aromatic N) is 5. The van der Waals surface area contributed by atoms with E-state index in [1.54, 1.807) is 36.0 Å². The summed E-state index contributed by atoms with van der Waals surface area (Å²) in [7, 11) is 1.77. The van der Waals surface area contributed by atoms with Gasteiger partial charge in [-0.3, -0.25) is 9.59 Å².